The lowest BCUT2D eigenvalue weighted by Crippen LogP contribution is -2.39. The molecular formula is C17H22FNO3. The molecule has 1 aromatic carbocycles. The van der Waals surface area contributed by atoms with Gasteiger partial charge in [-0.25, -0.2) is 4.39 Å². The van der Waals surface area contributed by atoms with Crippen molar-refractivity contribution in [2.45, 2.75) is 45.1 Å². The van der Waals surface area contributed by atoms with Crippen molar-refractivity contribution in [2.75, 3.05) is 6.61 Å². The molecule has 1 aliphatic carbocycles. The Balaban J connectivity index is 1.67. The van der Waals surface area contributed by atoms with Crippen molar-refractivity contribution in [3.8, 4) is 0 Å². The van der Waals surface area contributed by atoms with Gasteiger partial charge >= 0.3 is 5.97 Å². The Morgan fingerprint density at radius 3 is 2.45 bits per heavy atom. The number of esters is 1. The van der Waals surface area contributed by atoms with E-state index in [4.69, 9.17) is 4.74 Å². The number of benzene rings is 1. The zero-order chi connectivity index (χ0) is 15.9. The highest BCUT2D eigenvalue weighted by Gasteiger charge is 2.20. The standard InChI is InChI=1S/C17H22FNO3/c1-12-2-8-15(9-3-12)19-16(20)11-22-17(21)10-13-4-6-14(18)7-5-13/h4-7,12,15H,2-3,8-11H2,1H3,(H,19,20). The van der Waals surface area contributed by atoms with E-state index in [0.29, 0.717) is 5.56 Å². The fourth-order valence-corrected chi connectivity index (χ4v) is 2.64. The van der Waals surface area contributed by atoms with Crippen LogP contribution in [0.2, 0.25) is 0 Å². The Bertz CT molecular complexity index is 507. The molecular weight excluding hydrogens is 285 g/mol. The van der Waals surface area contributed by atoms with Gasteiger partial charge in [0.1, 0.15) is 5.82 Å². The Kier molecular flexibility index (Phi) is 5.92. The number of ether oxygens (including phenoxy) is 1. The average Bonchev–Trinajstić information content (AvgIpc) is 2.50. The molecule has 0 bridgehead atoms. The quantitative estimate of drug-likeness (QED) is 0.851. The van der Waals surface area contributed by atoms with Gasteiger partial charge in [0, 0.05) is 6.04 Å². The summed E-state index contributed by atoms with van der Waals surface area (Å²) < 4.78 is 17.7. The second kappa shape index (κ2) is 7.92. The van der Waals surface area contributed by atoms with Crippen LogP contribution in [0.1, 0.15) is 38.2 Å². The van der Waals surface area contributed by atoms with Crippen molar-refractivity contribution in [1.29, 1.82) is 0 Å². The number of hydrogen-bond acceptors (Lipinski definition) is 3. The van der Waals surface area contributed by atoms with Crippen molar-refractivity contribution in [2.24, 2.45) is 5.92 Å². The number of hydrogen-bond donors (Lipinski definition) is 1. The lowest BCUT2D eigenvalue weighted by atomic mass is 9.87. The molecule has 0 heterocycles. The van der Waals surface area contributed by atoms with Gasteiger partial charge in [-0.15, -0.1) is 0 Å². The third-order valence-corrected chi connectivity index (χ3v) is 4.01. The monoisotopic (exact) mass is 307 g/mol. The summed E-state index contributed by atoms with van der Waals surface area (Å²) in [6, 6.07) is 5.83. The topological polar surface area (TPSA) is 55.4 Å². The van der Waals surface area contributed by atoms with Gasteiger partial charge < -0.3 is 10.1 Å². The summed E-state index contributed by atoms with van der Waals surface area (Å²) in [6.07, 6.45) is 4.24. The fourth-order valence-electron chi connectivity index (χ4n) is 2.64. The zero-order valence-electron chi connectivity index (χ0n) is 12.8. The Hall–Kier alpha value is -1.91. The second-order valence-electron chi connectivity index (χ2n) is 5.99. The highest BCUT2D eigenvalue weighted by atomic mass is 19.1. The van der Waals surface area contributed by atoms with Gasteiger partial charge in [0.25, 0.3) is 5.91 Å². The number of halogens is 1. The Labute approximate surface area is 130 Å². The minimum Gasteiger partial charge on any atom is -0.455 e. The molecule has 0 aromatic heterocycles. The molecule has 1 N–H and O–H groups in total. The van der Waals surface area contributed by atoms with Gasteiger partial charge in [0.15, 0.2) is 6.61 Å². The first-order chi connectivity index (χ1) is 10.5. The van der Waals surface area contributed by atoms with E-state index >= 15 is 0 Å². The predicted octanol–water partition coefficient (Wildman–Crippen LogP) is 2.61. The van der Waals surface area contributed by atoms with E-state index in [-0.39, 0.29) is 30.8 Å². The van der Waals surface area contributed by atoms with Gasteiger partial charge in [-0.2, -0.15) is 0 Å². The molecule has 1 saturated carbocycles. The van der Waals surface area contributed by atoms with E-state index in [0.717, 1.165) is 31.6 Å². The van der Waals surface area contributed by atoms with Gasteiger partial charge in [0.05, 0.1) is 6.42 Å². The van der Waals surface area contributed by atoms with Crippen molar-refractivity contribution in [1.82, 2.24) is 5.32 Å². The van der Waals surface area contributed by atoms with Gasteiger partial charge in [-0.05, 0) is 49.3 Å². The average molecular weight is 307 g/mol. The van der Waals surface area contributed by atoms with Crippen LogP contribution >= 0.6 is 0 Å². The van der Waals surface area contributed by atoms with Gasteiger partial charge in [0.2, 0.25) is 0 Å². The molecule has 0 saturated heterocycles. The van der Waals surface area contributed by atoms with E-state index in [2.05, 4.69) is 12.2 Å². The first kappa shape index (κ1) is 16.5. The Morgan fingerprint density at radius 1 is 1.18 bits per heavy atom. The summed E-state index contributed by atoms with van der Waals surface area (Å²) in [4.78, 5) is 23.4. The minimum absolute atomic E-state index is 0.0362. The number of rotatable bonds is 5. The van der Waals surface area contributed by atoms with Crippen molar-refractivity contribution >= 4 is 11.9 Å². The SMILES string of the molecule is CC1CCC(NC(=O)COC(=O)Cc2ccc(F)cc2)CC1. The molecule has 0 aliphatic heterocycles. The van der Waals surface area contributed by atoms with E-state index < -0.39 is 5.97 Å². The molecule has 22 heavy (non-hydrogen) atoms. The van der Waals surface area contributed by atoms with Crippen molar-refractivity contribution < 1.29 is 18.7 Å². The third kappa shape index (κ3) is 5.47. The highest BCUT2D eigenvalue weighted by molar-refractivity contribution is 5.81. The first-order valence-corrected chi connectivity index (χ1v) is 7.72. The van der Waals surface area contributed by atoms with E-state index in [1.54, 1.807) is 0 Å². The molecule has 5 heteroatoms. The summed E-state index contributed by atoms with van der Waals surface area (Å²) in [7, 11) is 0. The molecule has 4 nitrogen and oxygen atoms in total. The second-order valence-corrected chi connectivity index (χ2v) is 5.99. The summed E-state index contributed by atoms with van der Waals surface area (Å²) in [5, 5.41) is 2.90. The molecule has 2 rings (SSSR count). The predicted molar refractivity (Wildman–Crippen MR) is 80.6 cm³/mol. The van der Waals surface area contributed by atoms with Crippen LogP contribution in [0.4, 0.5) is 4.39 Å². The molecule has 1 amide bonds. The number of nitrogens with one attached hydrogen (secondary N) is 1. The summed E-state index contributed by atoms with van der Waals surface area (Å²) >= 11 is 0. The normalized spacial score (nSPS) is 21.2. The summed E-state index contributed by atoms with van der Waals surface area (Å²) in [5.41, 5.74) is 0.660. The van der Waals surface area contributed by atoms with Crippen LogP contribution in [0.15, 0.2) is 24.3 Å². The molecule has 1 fully saturated rings. The first-order valence-electron chi connectivity index (χ1n) is 7.72. The van der Waals surface area contributed by atoms with Crippen LogP contribution < -0.4 is 5.32 Å². The van der Waals surface area contributed by atoms with Crippen LogP contribution in [0.3, 0.4) is 0 Å². The van der Waals surface area contributed by atoms with E-state index in [1.807, 2.05) is 0 Å². The van der Waals surface area contributed by atoms with Crippen LogP contribution in [-0.4, -0.2) is 24.5 Å². The minimum atomic E-state index is -0.487. The highest BCUT2D eigenvalue weighted by Crippen LogP contribution is 2.23. The van der Waals surface area contributed by atoms with Crippen LogP contribution in [0.25, 0.3) is 0 Å². The van der Waals surface area contributed by atoms with Crippen molar-refractivity contribution in [3.05, 3.63) is 35.6 Å². The number of amides is 1. The van der Waals surface area contributed by atoms with E-state index in [1.165, 1.54) is 24.3 Å². The summed E-state index contributed by atoms with van der Waals surface area (Å²) in [5.74, 6) is -0.369. The van der Waals surface area contributed by atoms with Crippen LogP contribution in [-0.2, 0) is 20.7 Å². The van der Waals surface area contributed by atoms with Crippen LogP contribution in [0.5, 0.6) is 0 Å². The maximum Gasteiger partial charge on any atom is 0.310 e. The van der Waals surface area contributed by atoms with Gasteiger partial charge in [-0.1, -0.05) is 19.1 Å². The van der Waals surface area contributed by atoms with E-state index in [9.17, 15) is 14.0 Å². The number of carbonyl (C=O) groups excluding carboxylic acids is 2. The lowest BCUT2D eigenvalue weighted by molar-refractivity contribution is -0.148. The fraction of sp³-hybridized carbons (Fsp3) is 0.529. The van der Waals surface area contributed by atoms with Crippen molar-refractivity contribution in [3.63, 3.8) is 0 Å². The molecule has 0 radical (unpaired) electrons. The molecule has 0 spiro atoms. The lowest BCUT2D eigenvalue weighted by Gasteiger charge is -2.26. The number of carbonyl (C=O) groups is 2. The smallest absolute Gasteiger partial charge is 0.310 e. The maximum absolute atomic E-state index is 12.8. The van der Waals surface area contributed by atoms with Gasteiger partial charge in [-0.3, -0.25) is 9.59 Å². The zero-order valence-corrected chi connectivity index (χ0v) is 12.8. The molecule has 1 aromatic rings. The molecule has 0 unspecified atom stereocenters. The summed E-state index contributed by atoms with van der Waals surface area (Å²) in [6.45, 7) is 1.96. The van der Waals surface area contributed by atoms with Crippen LogP contribution in [0, 0.1) is 11.7 Å². The molecule has 0 atom stereocenters. The maximum atomic E-state index is 12.8. The molecule has 120 valence electrons. The third-order valence-electron chi connectivity index (χ3n) is 4.01. The Morgan fingerprint density at radius 2 is 1.82 bits per heavy atom. The molecule has 1 aliphatic rings. The largest absolute Gasteiger partial charge is 0.455 e.